The van der Waals surface area contributed by atoms with E-state index in [2.05, 4.69) is 5.32 Å². The van der Waals surface area contributed by atoms with Crippen molar-refractivity contribution >= 4 is 6.29 Å². The molecule has 0 aromatic carbocycles. The summed E-state index contributed by atoms with van der Waals surface area (Å²) >= 11 is 0. The fraction of sp³-hybridized carbons (Fsp3) is 0.900. The van der Waals surface area contributed by atoms with Gasteiger partial charge >= 0.3 is 0 Å². The molecule has 0 heterocycles. The quantitative estimate of drug-likeness (QED) is 0.649. The van der Waals surface area contributed by atoms with Crippen LogP contribution in [0, 0.1) is 5.92 Å². The Morgan fingerprint density at radius 1 is 1.42 bits per heavy atom. The molecule has 1 aliphatic carbocycles. The number of aldehydes is 1. The number of rotatable bonds is 4. The molecule has 0 saturated heterocycles. The SMILES string of the molecule is CN[C@@H](C=O)CC1CCCCC1. The summed E-state index contributed by atoms with van der Waals surface area (Å²) in [5.41, 5.74) is 0. The maximum Gasteiger partial charge on any atom is 0.136 e. The van der Waals surface area contributed by atoms with Gasteiger partial charge in [0.15, 0.2) is 0 Å². The van der Waals surface area contributed by atoms with Crippen LogP contribution in [0.25, 0.3) is 0 Å². The first kappa shape index (κ1) is 9.72. The number of hydrogen-bond donors (Lipinski definition) is 1. The molecule has 0 radical (unpaired) electrons. The van der Waals surface area contributed by atoms with Crippen molar-refractivity contribution < 1.29 is 4.79 Å². The number of carbonyl (C=O) groups excluding carboxylic acids is 1. The van der Waals surface area contributed by atoms with Crippen LogP contribution in [0.2, 0.25) is 0 Å². The first-order valence-electron chi connectivity index (χ1n) is 4.99. The highest BCUT2D eigenvalue weighted by atomic mass is 16.1. The highest BCUT2D eigenvalue weighted by Gasteiger charge is 2.16. The van der Waals surface area contributed by atoms with Gasteiger partial charge < -0.3 is 10.1 Å². The van der Waals surface area contributed by atoms with Crippen LogP contribution in [0.3, 0.4) is 0 Å². The molecule has 0 unspecified atom stereocenters. The Labute approximate surface area is 74.7 Å². The summed E-state index contributed by atoms with van der Waals surface area (Å²) in [5, 5.41) is 3.03. The molecule has 12 heavy (non-hydrogen) atoms. The maximum atomic E-state index is 10.5. The van der Waals surface area contributed by atoms with Gasteiger partial charge in [-0.3, -0.25) is 0 Å². The molecule has 1 aliphatic rings. The fourth-order valence-electron chi connectivity index (χ4n) is 2.02. The van der Waals surface area contributed by atoms with Gasteiger partial charge in [0.1, 0.15) is 6.29 Å². The second-order valence-corrected chi connectivity index (χ2v) is 3.77. The third-order valence-corrected chi connectivity index (χ3v) is 2.85. The van der Waals surface area contributed by atoms with Gasteiger partial charge in [0.05, 0.1) is 6.04 Å². The molecule has 2 heteroatoms. The zero-order valence-electron chi connectivity index (χ0n) is 7.88. The Hall–Kier alpha value is -0.370. The van der Waals surface area contributed by atoms with Crippen molar-refractivity contribution in [2.45, 2.75) is 44.6 Å². The smallest absolute Gasteiger partial charge is 0.136 e. The van der Waals surface area contributed by atoms with Crippen molar-refractivity contribution in [3.8, 4) is 0 Å². The summed E-state index contributed by atoms with van der Waals surface area (Å²) in [7, 11) is 1.86. The van der Waals surface area contributed by atoms with Crippen LogP contribution in [0.4, 0.5) is 0 Å². The van der Waals surface area contributed by atoms with Gasteiger partial charge in [-0.1, -0.05) is 32.1 Å². The molecule has 0 amide bonds. The minimum absolute atomic E-state index is 0.0908. The lowest BCUT2D eigenvalue weighted by molar-refractivity contribution is -0.109. The molecule has 0 aromatic rings. The molecule has 70 valence electrons. The van der Waals surface area contributed by atoms with E-state index in [0.717, 1.165) is 18.6 Å². The van der Waals surface area contributed by atoms with Gasteiger partial charge in [-0.2, -0.15) is 0 Å². The Kier molecular flexibility index (Phi) is 4.30. The summed E-state index contributed by atoms with van der Waals surface area (Å²) in [4.78, 5) is 10.5. The van der Waals surface area contributed by atoms with Crippen molar-refractivity contribution in [3.05, 3.63) is 0 Å². The molecule has 0 aromatic heterocycles. The van der Waals surface area contributed by atoms with Gasteiger partial charge in [-0.25, -0.2) is 0 Å². The zero-order valence-corrected chi connectivity index (χ0v) is 7.88. The van der Waals surface area contributed by atoms with Gasteiger partial charge in [0.25, 0.3) is 0 Å². The molecule has 1 atom stereocenters. The predicted molar refractivity (Wildman–Crippen MR) is 50.1 cm³/mol. The van der Waals surface area contributed by atoms with E-state index in [1.807, 2.05) is 7.05 Å². The average molecular weight is 169 g/mol. The van der Waals surface area contributed by atoms with Gasteiger partial charge in [-0.05, 0) is 19.4 Å². The van der Waals surface area contributed by atoms with Crippen LogP contribution in [0.15, 0.2) is 0 Å². The number of nitrogens with one attached hydrogen (secondary N) is 1. The van der Waals surface area contributed by atoms with Crippen molar-refractivity contribution in [2.75, 3.05) is 7.05 Å². The molecule has 2 nitrogen and oxygen atoms in total. The summed E-state index contributed by atoms with van der Waals surface area (Å²) in [6, 6.07) is 0.0908. The normalized spacial score (nSPS) is 22.1. The van der Waals surface area contributed by atoms with E-state index in [0.29, 0.717) is 0 Å². The minimum atomic E-state index is 0.0908. The van der Waals surface area contributed by atoms with Gasteiger partial charge in [-0.15, -0.1) is 0 Å². The molecule has 1 rings (SSSR count). The highest BCUT2D eigenvalue weighted by molar-refractivity contribution is 5.57. The molecular weight excluding hydrogens is 150 g/mol. The lowest BCUT2D eigenvalue weighted by Gasteiger charge is -2.23. The number of likely N-dealkylation sites (N-methyl/N-ethyl adjacent to an activating group) is 1. The highest BCUT2D eigenvalue weighted by Crippen LogP contribution is 2.26. The van der Waals surface area contributed by atoms with Gasteiger partial charge in [0.2, 0.25) is 0 Å². The molecule has 0 spiro atoms. The van der Waals surface area contributed by atoms with Crippen LogP contribution in [0.1, 0.15) is 38.5 Å². The van der Waals surface area contributed by atoms with Crippen molar-refractivity contribution in [1.29, 1.82) is 0 Å². The van der Waals surface area contributed by atoms with E-state index >= 15 is 0 Å². The van der Waals surface area contributed by atoms with E-state index < -0.39 is 0 Å². The standard InChI is InChI=1S/C10H19NO/c1-11-10(8-12)7-9-5-3-2-4-6-9/h8-11H,2-7H2,1H3/t10-/m1/s1. The van der Waals surface area contributed by atoms with Crippen molar-refractivity contribution in [3.63, 3.8) is 0 Å². The predicted octanol–water partition coefficient (Wildman–Crippen LogP) is 1.74. The molecule has 1 N–H and O–H groups in total. The summed E-state index contributed by atoms with van der Waals surface area (Å²) in [6.07, 6.45) is 8.84. The number of carbonyl (C=O) groups is 1. The third-order valence-electron chi connectivity index (χ3n) is 2.85. The van der Waals surface area contributed by atoms with E-state index in [1.165, 1.54) is 32.1 Å². The molecular formula is C10H19NO. The second-order valence-electron chi connectivity index (χ2n) is 3.77. The first-order valence-corrected chi connectivity index (χ1v) is 4.99. The van der Waals surface area contributed by atoms with Crippen LogP contribution in [-0.2, 0) is 4.79 Å². The monoisotopic (exact) mass is 169 g/mol. The van der Waals surface area contributed by atoms with E-state index in [-0.39, 0.29) is 6.04 Å². The zero-order chi connectivity index (χ0) is 8.81. The topological polar surface area (TPSA) is 29.1 Å². The molecule has 1 saturated carbocycles. The Morgan fingerprint density at radius 3 is 2.58 bits per heavy atom. The molecule has 0 aliphatic heterocycles. The Morgan fingerprint density at radius 2 is 2.08 bits per heavy atom. The summed E-state index contributed by atoms with van der Waals surface area (Å²) in [5.74, 6) is 0.793. The third kappa shape index (κ3) is 2.94. The minimum Gasteiger partial charge on any atom is -0.311 e. The van der Waals surface area contributed by atoms with Crippen molar-refractivity contribution in [2.24, 2.45) is 5.92 Å². The van der Waals surface area contributed by atoms with E-state index in [4.69, 9.17) is 0 Å². The maximum absolute atomic E-state index is 10.5. The van der Waals surface area contributed by atoms with E-state index in [1.54, 1.807) is 0 Å². The fourth-order valence-corrected chi connectivity index (χ4v) is 2.02. The lowest BCUT2D eigenvalue weighted by Crippen LogP contribution is -2.29. The van der Waals surface area contributed by atoms with Crippen LogP contribution < -0.4 is 5.32 Å². The Bertz CT molecular complexity index is 130. The summed E-state index contributed by atoms with van der Waals surface area (Å²) in [6.45, 7) is 0. The van der Waals surface area contributed by atoms with Crippen molar-refractivity contribution in [1.82, 2.24) is 5.32 Å². The lowest BCUT2D eigenvalue weighted by atomic mass is 9.85. The summed E-state index contributed by atoms with van der Waals surface area (Å²) < 4.78 is 0. The first-order chi connectivity index (χ1) is 5.86. The van der Waals surface area contributed by atoms with Crippen LogP contribution in [-0.4, -0.2) is 19.4 Å². The molecule has 1 fully saturated rings. The second kappa shape index (κ2) is 5.31. The molecule has 0 bridgehead atoms. The Balaban J connectivity index is 2.22. The average Bonchev–Trinajstić information content (AvgIpc) is 2.16. The van der Waals surface area contributed by atoms with Crippen LogP contribution in [0.5, 0.6) is 0 Å². The van der Waals surface area contributed by atoms with Crippen LogP contribution >= 0.6 is 0 Å². The number of hydrogen-bond acceptors (Lipinski definition) is 2. The largest absolute Gasteiger partial charge is 0.311 e. The van der Waals surface area contributed by atoms with E-state index in [9.17, 15) is 4.79 Å². The van der Waals surface area contributed by atoms with Gasteiger partial charge in [0, 0.05) is 0 Å².